The van der Waals surface area contributed by atoms with Crippen molar-refractivity contribution in [3.8, 4) is 0 Å². The lowest BCUT2D eigenvalue weighted by Crippen LogP contribution is -2.41. The van der Waals surface area contributed by atoms with Gasteiger partial charge in [-0.05, 0) is 31.6 Å². The Morgan fingerprint density at radius 1 is 1.19 bits per heavy atom. The minimum absolute atomic E-state index is 0.229. The van der Waals surface area contributed by atoms with Gasteiger partial charge in [0, 0.05) is 25.0 Å². The lowest BCUT2D eigenvalue weighted by atomic mass is 9.86. The largest absolute Gasteiger partial charge is 0.353 e. The van der Waals surface area contributed by atoms with Crippen molar-refractivity contribution in [3.63, 3.8) is 0 Å². The molecule has 2 aliphatic rings. The molecule has 0 radical (unpaired) electrons. The van der Waals surface area contributed by atoms with Gasteiger partial charge in [-0.2, -0.15) is 0 Å². The molecule has 2 saturated carbocycles. The van der Waals surface area contributed by atoms with Crippen LogP contribution in [0, 0.1) is 5.92 Å². The highest BCUT2D eigenvalue weighted by Crippen LogP contribution is 2.23. The lowest BCUT2D eigenvalue weighted by molar-refractivity contribution is -0.122. The maximum Gasteiger partial charge on any atom is 0.221 e. The van der Waals surface area contributed by atoms with E-state index in [4.69, 9.17) is 0 Å². The Balaban J connectivity index is 1.60. The summed E-state index contributed by atoms with van der Waals surface area (Å²) in [4.78, 5) is 11.7. The summed E-state index contributed by atoms with van der Waals surface area (Å²) in [7, 11) is 0. The van der Waals surface area contributed by atoms with Crippen molar-refractivity contribution < 1.29 is 4.79 Å². The van der Waals surface area contributed by atoms with E-state index in [9.17, 15) is 4.79 Å². The molecule has 2 rings (SSSR count). The first-order valence-corrected chi connectivity index (χ1v) is 6.78. The molecule has 0 aromatic rings. The van der Waals surface area contributed by atoms with Crippen molar-refractivity contribution in [2.45, 2.75) is 64.0 Å². The van der Waals surface area contributed by atoms with Crippen molar-refractivity contribution >= 4 is 5.91 Å². The topological polar surface area (TPSA) is 41.1 Å². The van der Waals surface area contributed by atoms with E-state index in [1.807, 2.05) is 0 Å². The van der Waals surface area contributed by atoms with E-state index >= 15 is 0 Å². The third-order valence-electron chi connectivity index (χ3n) is 3.82. The van der Waals surface area contributed by atoms with Gasteiger partial charge in [0.05, 0.1) is 0 Å². The molecule has 0 heterocycles. The van der Waals surface area contributed by atoms with E-state index in [0.717, 1.165) is 6.54 Å². The third kappa shape index (κ3) is 3.78. The molecule has 0 spiro atoms. The van der Waals surface area contributed by atoms with Gasteiger partial charge in [0.25, 0.3) is 0 Å². The fourth-order valence-corrected chi connectivity index (χ4v) is 2.49. The minimum Gasteiger partial charge on any atom is -0.353 e. The van der Waals surface area contributed by atoms with E-state index in [1.54, 1.807) is 0 Å². The van der Waals surface area contributed by atoms with Crippen LogP contribution in [0.2, 0.25) is 0 Å². The van der Waals surface area contributed by atoms with Gasteiger partial charge in [-0.15, -0.1) is 0 Å². The van der Waals surface area contributed by atoms with Crippen LogP contribution in [0.4, 0.5) is 0 Å². The average Bonchev–Trinajstić information content (AvgIpc) is 3.05. The van der Waals surface area contributed by atoms with Crippen LogP contribution in [0.1, 0.15) is 51.9 Å². The molecule has 16 heavy (non-hydrogen) atoms. The highest BCUT2D eigenvalue weighted by Gasteiger charge is 2.23. The molecule has 92 valence electrons. The fourth-order valence-electron chi connectivity index (χ4n) is 2.49. The van der Waals surface area contributed by atoms with Gasteiger partial charge in [-0.25, -0.2) is 0 Å². The zero-order valence-electron chi connectivity index (χ0n) is 10.3. The summed E-state index contributed by atoms with van der Waals surface area (Å²) in [6.07, 6.45) is 8.27. The predicted octanol–water partition coefficient (Wildman–Crippen LogP) is 1.82. The summed E-state index contributed by atoms with van der Waals surface area (Å²) < 4.78 is 0. The molecule has 0 aliphatic heterocycles. The van der Waals surface area contributed by atoms with Crippen molar-refractivity contribution in [3.05, 3.63) is 0 Å². The van der Waals surface area contributed by atoms with E-state index < -0.39 is 0 Å². The summed E-state index contributed by atoms with van der Waals surface area (Å²) in [6.45, 7) is 3.10. The first-order chi connectivity index (χ1) is 7.75. The average molecular weight is 224 g/mol. The zero-order chi connectivity index (χ0) is 11.4. The van der Waals surface area contributed by atoms with Crippen LogP contribution in [0.5, 0.6) is 0 Å². The third-order valence-corrected chi connectivity index (χ3v) is 3.82. The molecular formula is C13H24N2O. The van der Waals surface area contributed by atoms with Crippen LogP contribution in [0.25, 0.3) is 0 Å². The Kier molecular flexibility index (Phi) is 4.22. The standard InChI is InChI=1S/C13H24N2O/c1-10-4-2-3-5-12(10)15-13(16)8-9-14-11-6-7-11/h10-12,14H,2-9H2,1H3,(H,15,16). The van der Waals surface area contributed by atoms with Gasteiger partial charge in [-0.3, -0.25) is 4.79 Å². The van der Waals surface area contributed by atoms with Crippen LogP contribution < -0.4 is 10.6 Å². The number of nitrogens with one attached hydrogen (secondary N) is 2. The van der Waals surface area contributed by atoms with Crippen molar-refractivity contribution in [2.24, 2.45) is 5.92 Å². The monoisotopic (exact) mass is 224 g/mol. The van der Waals surface area contributed by atoms with Gasteiger partial charge in [0.15, 0.2) is 0 Å². The second-order valence-electron chi connectivity index (χ2n) is 5.41. The van der Waals surface area contributed by atoms with Crippen LogP contribution in [0.15, 0.2) is 0 Å². The summed E-state index contributed by atoms with van der Waals surface area (Å²) in [6, 6.07) is 1.14. The van der Waals surface area contributed by atoms with Crippen LogP contribution in [0.3, 0.4) is 0 Å². The van der Waals surface area contributed by atoms with Crippen molar-refractivity contribution in [2.75, 3.05) is 6.54 Å². The SMILES string of the molecule is CC1CCCCC1NC(=O)CCNC1CC1. The number of amides is 1. The predicted molar refractivity (Wildman–Crippen MR) is 65.2 cm³/mol. The molecule has 2 N–H and O–H groups in total. The molecule has 1 amide bonds. The Morgan fingerprint density at radius 3 is 2.62 bits per heavy atom. The molecule has 0 saturated heterocycles. The van der Waals surface area contributed by atoms with Crippen molar-refractivity contribution in [1.82, 2.24) is 10.6 Å². The molecule has 3 nitrogen and oxygen atoms in total. The van der Waals surface area contributed by atoms with Crippen LogP contribution in [-0.4, -0.2) is 24.5 Å². The fraction of sp³-hybridized carbons (Fsp3) is 0.923. The van der Waals surface area contributed by atoms with E-state index in [1.165, 1.54) is 38.5 Å². The van der Waals surface area contributed by atoms with Crippen LogP contribution in [-0.2, 0) is 4.79 Å². The smallest absolute Gasteiger partial charge is 0.221 e. The minimum atomic E-state index is 0.229. The molecule has 2 fully saturated rings. The molecule has 0 aromatic carbocycles. The molecule has 2 atom stereocenters. The molecule has 3 heteroatoms. The first kappa shape index (κ1) is 11.9. The second-order valence-corrected chi connectivity index (χ2v) is 5.41. The van der Waals surface area contributed by atoms with Gasteiger partial charge in [0.2, 0.25) is 5.91 Å². The number of carbonyl (C=O) groups is 1. The number of carbonyl (C=O) groups excluding carboxylic acids is 1. The lowest BCUT2D eigenvalue weighted by Gasteiger charge is -2.29. The van der Waals surface area contributed by atoms with E-state index in [2.05, 4.69) is 17.6 Å². The van der Waals surface area contributed by atoms with E-state index in [0.29, 0.717) is 24.4 Å². The number of hydrogen-bond acceptors (Lipinski definition) is 2. The summed E-state index contributed by atoms with van der Waals surface area (Å²) in [5.74, 6) is 0.890. The number of hydrogen-bond donors (Lipinski definition) is 2. The Labute approximate surface area is 98.4 Å². The normalized spacial score (nSPS) is 30.1. The molecular weight excluding hydrogens is 200 g/mol. The Morgan fingerprint density at radius 2 is 1.94 bits per heavy atom. The molecule has 2 unspecified atom stereocenters. The molecule has 0 bridgehead atoms. The van der Waals surface area contributed by atoms with Gasteiger partial charge >= 0.3 is 0 Å². The Hall–Kier alpha value is -0.570. The van der Waals surface area contributed by atoms with Crippen LogP contribution >= 0.6 is 0 Å². The van der Waals surface area contributed by atoms with E-state index in [-0.39, 0.29) is 5.91 Å². The summed E-state index contributed by atoms with van der Waals surface area (Å²) in [5, 5.41) is 6.56. The molecule has 2 aliphatic carbocycles. The van der Waals surface area contributed by atoms with Crippen molar-refractivity contribution in [1.29, 1.82) is 0 Å². The first-order valence-electron chi connectivity index (χ1n) is 6.78. The quantitative estimate of drug-likeness (QED) is 0.748. The Bertz CT molecular complexity index is 238. The van der Waals surface area contributed by atoms with Gasteiger partial charge in [0.1, 0.15) is 0 Å². The summed E-state index contributed by atoms with van der Waals surface area (Å²) in [5.41, 5.74) is 0. The number of rotatable bonds is 5. The van der Waals surface area contributed by atoms with Gasteiger partial charge in [-0.1, -0.05) is 19.8 Å². The highest BCUT2D eigenvalue weighted by molar-refractivity contribution is 5.76. The molecule has 0 aromatic heterocycles. The zero-order valence-corrected chi connectivity index (χ0v) is 10.3. The second kappa shape index (κ2) is 5.67. The van der Waals surface area contributed by atoms with Gasteiger partial charge < -0.3 is 10.6 Å². The maximum atomic E-state index is 11.7. The maximum absolute atomic E-state index is 11.7. The highest BCUT2D eigenvalue weighted by atomic mass is 16.1. The summed E-state index contributed by atoms with van der Waals surface area (Å²) >= 11 is 0.